The van der Waals surface area contributed by atoms with Crippen molar-refractivity contribution in [3.63, 3.8) is 0 Å². The van der Waals surface area contributed by atoms with Crippen LogP contribution in [0.1, 0.15) is 70.6 Å². The van der Waals surface area contributed by atoms with Gasteiger partial charge in [0.2, 0.25) is 0 Å². The van der Waals surface area contributed by atoms with Crippen molar-refractivity contribution in [2.45, 2.75) is 70.6 Å². The van der Waals surface area contributed by atoms with E-state index in [-0.39, 0.29) is 0 Å². The minimum Gasteiger partial charge on any atom is -0.0533 e. The summed E-state index contributed by atoms with van der Waals surface area (Å²) in [5.41, 5.74) is 0. The van der Waals surface area contributed by atoms with E-state index in [1.807, 2.05) is 0 Å². The molecule has 3 saturated carbocycles. The van der Waals surface area contributed by atoms with E-state index in [2.05, 4.69) is 0 Å². The second-order valence-corrected chi connectivity index (χ2v) is 6.43. The fourth-order valence-corrected chi connectivity index (χ4v) is 4.77. The summed E-state index contributed by atoms with van der Waals surface area (Å²) in [4.78, 5) is 0. The molecule has 86 valence electrons. The van der Waals surface area contributed by atoms with Crippen LogP contribution < -0.4 is 0 Å². The van der Waals surface area contributed by atoms with Crippen LogP contribution in [0.5, 0.6) is 0 Å². The Morgan fingerprint density at radius 2 is 0.867 bits per heavy atom. The molecule has 0 aromatic carbocycles. The summed E-state index contributed by atoms with van der Waals surface area (Å²) in [6.07, 6.45) is 17.2. The van der Waals surface area contributed by atoms with Crippen LogP contribution in [0.2, 0.25) is 0 Å². The van der Waals surface area contributed by atoms with Gasteiger partial charge in [-0.25, -0.2) is 0 Å². The fraction of sp³-hybridized carbons (Fsp3) is 1.00. The molecular weight excluding hydrogens is 180 g/mol. The van der Waals surface area contributed by atoms with Crippen LogP contribution in [-0.2, 0) is 0 Å². The van der Waals surface area contributed by atoms with Gasteiger partial charge in [-0.3, -0.25) is 0 Å². The summed E-state index contributed by atoms with van der Waals surface area (Å²) in [7, 11) is 0. The monoisotopic (exact) mass is 206 g/mol. The van der Waals surface area contributed by atoms with E-state index in [9.17, 15) is 0 Å². The Hall–Kier alpha value is 0. The van der Waals surface area contributed by atoms with Crippen LogP contribution in [0.25, 0.3) is 0 Å². The second kappa shape index (κ2) is 4.47. The zero-order valence-corrected chi connectivity index (χ0v) is 10.1. The molecule has 0 aromatic heterocycles. The number of hydrogen-bond acceptors (Lipinski definition) is 0. The van der Waals surface area contributed by atoms with Crippen LogP contribution in [0.15, 0.2) is 0 Å². The molecule has 3 aliphatic rings. The molecule has 0 radical (unpaired) electrons. The summed E-state index contributed by atoms with van der Waals surface area (Å²) < 4.78 is 0. The Balaban J connectivity index is 1.59. The topological polar surface area (TPSA) is 0 Å². The van der Waals surface area contributed by atoms with Gasteiger partial charge in [0, 0.05) is 0 Å². The Morgan fingerprint density at radius 3 is 1.47 bits per heavy atom. The lowest BCUT2D eigenvalue weighted by atomic mass is 9.79. The van der Waals surface area contributed by atoms with Crippen LogP contribution in [0.3, 0.4) is 0 Å². The van der Waals surface area contributed by atoms with Gasteiger partial charge in [0.05, 0.1) is 0 Å². The van der Waals surface area contributed by atoms with Crippen molar-refractivity contribution >= 4 is 0 Å². The average molecular weight is 206 g/mol. The van der Waals surface area contributed by atoms with Gasteiger partial charge in [-0.15, -0.1) is 0 Å². The fourth-order valence-electron chi connectivity index (χ4n) is 4.77. The highest BCUT2D eigenvalue weighted by Gasteiger charge is 2.38. The maximum absolute atomic E-state index is 1.62. The van der Waals surface area contributed by atoms with E-state index in [4.69, 9.17) is 0 Å². The van der Waals surface area contributed by atoms with Gasteiger partial charge in [-0.05, 0) is 36.5 Å². The number of hydrogen-bond donors (Lipinski definition) is 0. The number of rotatable bonds is 1. The molecule has 0 amide bonds. The largest absolute Gasteiger partial charge is 0.0533 e. The van der Waals surface area contributed by atoms with Crippen LogP contribution in [0, 0.1) is 23.7 Å². The van der Waals surface area contributed by atoms with E-state index in [0.717, 1.165) is 23.7 Å². The van der Waals surface area contributed by atoms with E-state index in [1.165, 1.54) is 19.3 Å². The summed E-state index contributed by atoms with van der Waals surface area (Å²) in [6.45, 7) is 0. The summed E-state index contributed by atoms with van der Waals surface area (Å²) in [5.74, 6) is 4.61. The zero-order valence-electron chi connectivity index (χ0n) is 10.1. The molecule has 3 rings (SSSR count). The highest BCUT2D eigenvalue weighted by Crippen LogP contribution is 2.49. The standard InChI is InChI=1S/C15H26/c1-2-6-12(7-3-1)15-10-13-8-4-5-9-14(13)11-15/h12-15H,1-11H2. The van der Waals surface area contributed by atoms with E-state index < -0.39 is 0 Å². The van der Waals surface area contributed by atoms with Gasteiger partial charge >= 0.3 is 0 Å². The molecule has 2 unspecified atom stereocenters. The minimum absolute atomic E-state index is 1.14. The molecule has 15 heavy (non-hydrogen) atoms. The molecule has 3 fully saturated rings. The predicted molar refractivity (Wildman–Crippen MR) is 64.7 cm³/mol. The Morgan fingerprint density at radius 1 is 0.400 bits per heavy atom. The lowest BCUT2D eigenvalue weighted by Crippen LogP contribution is -2.15. The van der Waals surface area contributed by atoms with Gasteiger partial charge in [0.15, 0.2) is 0 Å². The predicted octanol–water partition coefficient (Wildman–Crippen LogP) is 4.78. The third-order valence-corrected chi connectivity index (χ3v) is 5.59. The first-order valence-corrected chi connectivity index (χ1v) is 7.43. The molecule has 0 aromatic rings. The maximum Gasteiger partial charge on any atom is -0.0380 e. The first-order valence-electron chi connectivity index (χ1n) is 7.43. The average Bonchev–Trinajstić information content (AvgIpc) is 2.74. The molecule has 0 heteroatoms. The molecule has 0 aliphatic heterocycles. The number of fused-ring (bicyclic) bond motifs is 1. The lowest BCUT2D eigenvalue weighted by Gasteiger charge is -2.27. The third kappa shape index (κ3) is 2.10. The Bertz CT molecular complexity index is 188. The molecule has 0 spiro atoms. The van der Waals surface area contributed by atoms with Crippen molar-refractivity contribution in [3.05, 3.63) is 0 Å². The van der Waals surface area contributed by atoms with Crippen LogP contribution in [0.4, 0.5) is 0 Å². The van der Waals surface area contributed by atoms with E-state index in [0.29, 0.717) is 0 Å². The molecule has 0 nitrogen and oxygen atoms in total. The summed E-state index contributed by atoms with van der Waals surface area (Å²) >= 11 is 0. The molecule has 3 aliphatic carbocycles. The first kappa shape index (κ1) is 10.2. The summed E-state index contributed by atoms with van der Waals surface area (Å²) in [5, 5.41) is 0. The second-order valence-electron chi connectivity index (χ2n) is 6.43. The molecule has 0 saturated heterocycles. The van der Waals surface area contributed by atoms with Gasteiger partial charge in [-0.1, -0.05) is 57.8 Å². The quantitative estimate of drug-likeness (QED) is 0.579. The SMILES string of the molecule is C1CCC(C2CC3CCCCC3C2)CC1. The first-order chi connectivity index (χ1) is 7.43. The van der Waals surface area contributed by atoms with Crippen molar-refractivity contribution in [3.8, 4) is 0 Å². The van der Waals surface area contributed by atoms with Crippen molar-refractivity contribution in [2.24, 2.45) is 23.7 Å². The highest BCUT2D eigenvalue weighted by atomic mass is 14.4. The summed E-state index contributed by atoms with van der Waals surface area (Å²) in [6, 6.07) is 0. The van der Waals surface area contributed by atoms with Gasteiger partial charge in [0.1, 0.15) is 0 Å². The van der Waals surface area contributed by atoms with Crippen molar-refractivity contribution < 1.29 is 0 Å². The van der Waals surface area contributed by atoms with E-state index >= 15 is 0 Å². The van der Waals surface area contributed by atoms with Crippen LogP contribution >= 0.6 is 0 Å². The molecule has 0 N–H and O–H groups in total. The van der Waals surface area contributed by atoms with Crippen molar-refractivity contribution in [1.29, 1.82) is 0 Å². The maximum atomic E-state index is 1.62. The van der Waals surface area contributed by atoms with Crippen molar-refractivity contribution in [1.82, 2.24) is 0 Å². The normalized spacial score (nSPS) is 42.8. The lowest BCUT2D eigenvalue weighted by molar-refractivity contribution is 0.244. The van der Waals surface area contributed by atoms with Gasteiger partial charge < -0.3 is 0 Å². The van der Waals surface area contributed by atoms with Crippen molar-refractivity contribution in [2.75, 3.05) is 0 Å². The Kier molecular flexibility index (Phi) is 3.03. The van der Waals surface area contributed by atoms with Gasteiger partial charge in [-0.2, -0.15) is 0 Å². The third-order valence-electron chi connectivity index (χ3n) is 5.59. The van der Waals surface area contributed by atoms with Crippen LogP contribution in [-0.4, -0.2) is 0 Å². The molecule has 0 heterocycles. The highest BCUT2D eigenvalue weighted by molar-refractivity contribution is 4.89. The molecule has 2 atom stereocenters. The van der Waals surface area contributed by atoms with E-state index in [1.54, 1.807) is 51.4 Å². The zero-order chi connectivity index (χ0) is 10.1. The smallest absolute Gasteiger partial charge is 0.0380 e. The minimum atomic E-state index is 1.14. The van der Waals surface area contributed by atoms with Gasteiger partial charge in [0.25, 0.3) is 0 Å². The molecular formula is C15H26. The molecule has 0 bridgehead atoms. The Labute approximate surface area is 94.8 Å².